The smallest absolute Gasteiger partial charge is 0.263 e. The molecule has 9 heteroatoms. The van der Waals surface area contributed by atoms with Crippen LogP contribution in [-0.2, 0) is 11.3 Å². The molecule has 4 aromatic rings. The van der Waals surface area contributed by atoms with Gasteiger partial charge in [0.1, 0.15) is 17.2 Å². The second kappa shape index (κ2) is 7.49. The quantitative estimate of drug-likeness (QED) is 0.513. The van der Waals surface area contributed by atoms with Gasteiger partial charge in [0.05, 0.1) is 17.4 Å². The van der Waals surface area contributed by atoms with Crippen molar-refractivity contribution in [3.63, 3.8) is 0 Å². The van der Waals surface area contributed by atoms with Gasteiger partial charge in [-0.15, -0.1) is 11.3 Å². The highest BCUT2D eigenvalue weighted by atomic mass is 35.5. The molecule has 6 nitrogen and oxygen atoms in total. The van der Waals surface area contributed by atoms with Gasteiger partial charge in [-0.2, -0.15) is 0 Å². The number of nitrogens with zero attached hydrogens (tertiary/aromatic N) is 3. The molecule has 0 unspecified atom stereocenters. The highest BCUT2D eigenvalue weighted by molar-refractivity contribution is 7.17. The number of carbonyl (C=O) groups is 1. The van der Waals surface area contributed by atoms with Crippen LogP contribution in [0.25, 0.3) is 21.3 Å². The van der Waals surface area contributed by atoms with Crippen LogP contribution >= 0.6 is 22.9 Å². The normalized spacial score (nSPS) is 10.9. The third-order valence-electron chi connectivity index (χ3n) is 4.06. The van der Waals surface area contributed by atoms with Gasteiger partial charge in [-0.25, -0.2) is 14.4 Å². The molecule has 0 radical (unpaired) electrons. The lowest BCUT2D eigenvalue weighted by Gasteiger charge is -2.08. The molecular formula is C19H12ClFN4O2S. The van der Waals surface area contributed by atoms with E-state index in [1.807, 2.05) is 0 Å². The van der Waals surface area contributed by atoms with Crippen LogP contribution in [0, 0.1) is 5.82 Å². The standard InChI is InChI=1S/C19H12ClFN4O2S/c20-17-14(2-1-7-22-17)24-15(26)8-25-10-23-18-16(19(25)27)13(9-28-18)11-3-5-12(21)6-4-11/h1-7,9-10H,8H2,(H,24,26). The first kappa shape index (κ1) is 18.3. The molecule has 28 heavy (non-hydrogen) atoms. The number of thiophene rings is 1. The number of pyridine rings is 1. The first-order valence-electron chi connectivity index (χ1n) is 8.16. The fraction of sp³-hybridized carbons (Fsp3) is 0.0526. The molecule has 0 aliphatic rings. The van der Waals surface area contributed by atoms with Crippen LogP contribution in [0.15, 0.2) is 59.1 Å². The number of amides is 1. The number of benzene rings is 1. The fourth-order valence-corrected chi connectivity index (χ4v) is 3.82. The van der Waals surface area contributed by atoms with Gasteiger partial charge in [-0.1, -0.05) is 23.7 Å². The molecule has 1 aromatic carbocycles. The monoisotopic (exact) mass is 414 g/mol. The number of aromatic nitrogens is 3. The average molecular weight is 415 g/mol. The summed E-state index contributed by atoms with van der Waals surface area (Å²) in [7, 11) is 0. The summed E-state index contributed by atoms with van der Waals surface area (Å²) < 4.78 is 14.4. The van der Waals surface area contributed by atoms with Gasteiger partial charge in [-0.3, -0.25) is 14.2 Å². The largest absolute Gasteiger partial charge is 0.322 e. The zero-order valence-corrected chi connectivity index (χ0v) is 15.8. The molecule has 0 aliphatic heterocycles. The molecule has 140 valence electrons. The Kier molecular flexibility index (Phi) is 4.89. The lowest BCUT2D eigenvalue weighted by Crippen LogP contribution is -2.27. The number of rotatable bonds is 4. The van der Waals surface area contributed by atoms with E-state index in [0.717, 1.165) is 0 Å². The maximum Gasteiger partial charge on any atom is 0.263 e. The Labute approximate surface area is 167 Å². The summed E-state index contributed by atoms with van der Waals surface area (Å²) in [5.41, 5.74) is 1.37. The topological polar surface area (TPSA) is 76.9 Å². The Balaban J connectivity index is 1.67. The van der Waals surface area contributed by atoms with E-state index in [2.05, 4.69) is 15.3 Å². The van der Waals surface area contributed by atoms with Crippen molar-refractivity contribution in [3.05, 3.63) is 75.6 Å². The van der Waals surface area contributed by atoms with Gasteiger partial charge >= 0.3 is 0 Å². The van der Waals surface area contributed by atoms with Crippen molar-refractivity contribution in [3.8, 4) is 11.1 Å². The average Bonchev–Trinajstić information content (AvgIpc) is 3.11. The van der Waals surface area contributed by atoms with Crippen LogP contribution < -0.4 is 10.9 Å². The molecular weight excluding hydrogens is 403 g/mol. The molecule has 3 aromatic heterocycles. The highest BCUT2D eigenvalue weighted by Crippen LogP contribution is 2.30. The van der Waals surface area contributed by atoms with Gasteiger partial charge in [-0.05, 0) is 29.8 Å². The number of fused-ring (bicyclic) bond motifs is 1. The van der Waals surface area contributed by atoms with E-state index < -0.39 is 5.91 Å². The summed E-state index contributed by atoms with van der Waals surface area (Å²) in [5, 5.41) is 4.97. The SMILES string of the molecule is O=C(Cn1cnc2scc(-c3ccc(F)cc3)c2c1=O)Nc1cccnc1Cl. The first-order valence-corrected chi connectivity index (χ1v) is 9.41. The van der Waals surface area contributed by atoms with Crippen LogP contribution in [-0.4, -0.2) is 20.4 Å². The Morgan fingerprint density at radius 1 is 1.21 bits per heavy atom. The van der Waals surface area contributed by atoms with E-state index in [4.69, 9.17) is 11.6 Å². The summed E-state index contributed by atoms with van der Waals surface area (Å²) in [5.74, 6) is -0.790. The van der Waals surface area contributed by atoms with Crippen molar-refractivity contribution in [1.82, 2.24) is 14.5 Å². The van der Waals surface area contributed by atoms with Crippen molar-refractivity contribution >= 4 is 44.7 Å². The van der Waals surface area contributed by atoms with Crippen molar-refractivity contribution in [2.45, 2.75) is 6.54 Å². The molecule has 3 heterocycles. The molecule has 1 N–H and O–H groups in total. The fourth-order valence-electron chi connectivity index (χ4n) is 2.75. The van der Waals surface area contributed by atoms with E-state index in [1.54, 1.807) is 29.6 Å². The van der Waals surface area contributed by atoms with Crippen LogP contribution in [0.1, 0.15) is 0 Å². The lowest BCUT2D eigenvalue weighted by atomic mass is 10.1. The Morgan fingerprint density at radius 3 is 2.75 bits per heavy atom. The van der Waals surface area contributed by atoms with Crippen molar-refractivity contribution < 1.29 is 9.18 Å². The predicted octanol–water partition coefficient (Wildman–Crippen LogP) is 3.95. The number of halogens is 2. The minimum absolute atomic E-state index is 0.160. The van der Waals surface area contributed by atoms with Gasteiger partial charge in [0.2, 0.25) is 5.91 Å². The second-order valence-electron chi connectivity index (χ2n) is 5.90. The van der Waals surface area contributed by atoms with Crippen LogP contribution in [0.4, 0.5) is 10.1 Å². The van der Waals surface area contributed by atoms with Gasteiger partial charge in [0, 0.05) is 17.1 Å². The number of nitrogens with one attached hydrogen (secondary N) is 1. The van der Waals surface area contributed by atoms with E-state index in [9.17, 15) is 14.0 Å². The molecule has 1 amide bonds. The molecule has 4 rings (SSSR count). The van der Waals surface area contributed by atoms with Crippen molar-refractivity contribution in [2.75, 3.05) is 5.32 Å². The zero-order chi connectivity index (χ0) is 19.7. The van der Waals surface area contributed by atoms with Gasteiger partial charge < -0.3 is 5.32 Å². The summed E-state index contributed by atoms with van der Waals surface area (Å²) in [6, 6.07) is 9.12. The number of hydrogen-bond acceptors (Lipinski definition) is 5. The molecule has 0 fully saturated rings. The summed E-state index contributed by atoms with van der Waals surface area (Å²) >= 11 is 7.25. The number of anilines is 1. The summed E-state index contributed by atoms with van der Waals surface area (Å²) in [6.45, 7) is -0.230. The van der Waals surface area contributed by atoms with Crippen molar-refractivity contribution in [1.29, 1.82) is 0 Å². The maximum absolute atomic E-state index is 13.2. The Hall–Kier alpha value is -3.10. The van der Waals surface area contributed by atoms with Gasteiger partial charge in [0.15, 0.2) is 5.15 Å². The van der Waals surface area contributed by atoms with E-state index in [0.29, 0.717) is 27.0 Å². The molecule has 0 atom stereocenters. The van der Waals surface area contributed by atoms with E-state index in [-0.39, 0.29) is 23.1 Å². The second-order valence-corrected chi connectivity index (χ2v) is 7.12. The first-order chi connectivity index (χ1) is 13.5. The highest BCUT2D eigenvalue weighted by Gasteiger charge is 2.15. The van der Waals surface area contributed by atoms with Gasteiger partial charge in [0.25, 0.3) is 5.56 Å². The van der Waals surface area contributed by atoms with Crippen molar-refractivity contribution in [2.24, 2.45) is 0 Å². The molecule has 0 aliphatic carbocycles. The Bertz CT molecular complexity index is 1240. The van der Waals surface area contributed by atoms with Crippen LogP contribution in [0.2, 0.25) is 5.15 Å². The lowest BCUT2D eigenvalue weighted by molar-refractivity contribution is -0.116. The Morgan fingerprint density at radius 2 is 2.00 bits per heavy atom. The molecule has 0 saturated heterocycles. The summed E-state index contributed by atoms with van der Waals surface area (Å²) in [4.78, 5) is 34.0. The number of hydrogen-bond donors (Lipinski definition) is 1. The van der Waals surface area contributed by atoms with Crippen LogP contribution in [0.3, 0.4) is 0 Å². The van der Waals surface area contributed by atoms with E-state index >= 15 is 0 Å². The molecule has 0 bridgehead atoms. The zero-order valence-electron chi connectivity index (χ0n) is 14.2. The van der Waals surface area contributed by atoms with E-state index in [1.165, 1.54) is 40.6 Å². The minimum atomic E-state index is -0.434. The predicted molar refractivity (Wildman–Crippen MR) is 107 cm³/mol. The minimum Gasteiger partial charge on any atom is -0.322 e. The molecule has 0 spiro atoms. The molecule has 0 saturated carbocycles. The summed E-state index contributed by atoms with van der Waals surface area (Å²) in [6.07, 6.45) is 2.84. The maximum atomic E-state index is 13.2. The van der Waals surface area contributed by atoms with Crippen LogP contribution in [0.5, 0.6) is 0 Å². The third-order valence-corrected chi connectivity index (χ3v) is 5.25. The number of carbonyl (C=O) groups excluding carboxylic acids is 1. The third kappa shape index (κ3) is 3.51.